The Bertz CT molecular complexity index is 581. The fourth-order valence-electron chi connectivity index (χ4n) is 3.50. The Morgan fingerprint density at radius 3 is 1.03 bits per heavy atom. The molecule has 0 saturated carbocycles. The minimum Gasteiger partial charge on any atom is -0.225 e. The van der Waals surface area contributed by atoms with Crippen LogP contribution in [0.5, 0.6) is 0 Å². The van der Waals surface area contributed by atoms with Crippen LogP contribution >= 0.6 is 59.4 Å². The molecule has 216 valence electrons. The summed E-state index contributed by atoms with van der Waals surface area (Å²) >= 11 is 13.8. The molecule has 1 aromatic heterocycles. The van der Waals surface area contributed by atoms with E-state index < -0.39 is 0 Å². The Morgan fingerprint density at radius 2 is 0.757 bits per heavy atom. The molecular formula is C27H52ClN5S4. The number of aromatic nitrogens is 3. The molecule has 0 fully saturated rings. The Labute approximate surface area is 251 Å². The monoisotopic (exact) mass is 609 g/mol. The van der Waals surface area contributed by atoms with Crippen molar-refractivity contribution in [2.24, 2.45) is 0 Å². The molecule has 0 aliphatic heterocycles. The van der Waals surface area contributed by atoms with E-state index in [2.05, 4.69) is 45.1 Å². The highest BCUT2D eigenvalue weighted by Crippen LogP contribution is 2.34. The van der Waals surface area contributed by atoms with Crippen LogP contribution in [0.2, 0.25) is 5.28 Å². The summed E-state index contributed by atoms with van der Waals surface area (Å²) in [5.74, 6) is 5.65. The zero-order valence-electron chi connectivity index (χ0n) is 23.9. The molecule has 1 heterocycles. The molecule has 0 atom stereocenters. The third-order valence-corrected chi connectivity index (χ3v) is 10.6. The molecule has 0 N–H and O–H groups in total. The van der Waals surface area contributed by atoms with Crippen molar-refractivity contribution in [3.8, 4) is 0 Å². The van der Waals surface area contributed by atoms with E-state index in [9.17, 15) is 0 Å². The molecule has 0 saturated heterocycles. The first-order valence-corrected chi connectivity index (χ1v) is 18.8. The van der Waals surface area contributed by atoms with Gasteiger partial charge in [-0.15, -0.1) is 0 Å². The zero-order chi connectivity index (χ0) is 27.0. The lowest BCUT2D eigenvalue weighted by molar-refractivity contribution is 0.706. The summed E-state index contributed by atoms with van der Waals surface area (Å²) in [6, 6.07) is 0. The molecule has 0 unspecified atom stereocenters. The highest BCUT2D eigenvalue weighted by molar-refractivity contribution is 8.18. The maximum absolute atomic E-state index is 6.50. The van der Waals surface area contributed by atoms with E-state index in [1.165, 1.54) is 103 Å². The molecule has 0 bridgehead atoms. The van der Waals surface area contributed by atoms with Gasteiger partial charge >= 0.3 is 0 Å². The quantitative estimate of drug-likeness (QED) is 0.0753. The van der Waals surface area contributed by atoms with Gasteiger partial charge in [-0.2, -0.15) is 15.0 Å². The number of nitrogens with zero attached hydrogens (tertiary/aromatic N) is 5. The average Bonchev–Trinajstić information content (AvgIpc) is 2.89. The second-order valence-corrected chi connectivity index (χ2v) is 14.2. The zero-order valence-corrected chi connectivity index (χ0v) is 27.9. The maximum atomic E-state index is 6.50. The molecule has 0 aromatic carbocycles. The number of halogens is 1. The van der Waals surface area contributed by atoms with E-state index >= 15 is 0 Å². The summed E-state index contributed by atoms with van der Waals surface area (Å²) in [6.07, 6.45) is 20.2. The fraction of sp³-hybridized carbons (Fsp3) is 0.889. The molecule has 0 radical (unpaired) electrons. The highest BCUT2D eigenvalue weighted by atomic mass is 35.5. The molecule has 0 amide bonds. The summed E-state index contributed by atoms with van der Waals surface area (Å²) in [4.78, 5) is 14.1. The van der Waals surface area contributed by atoms with Crippen LogP contribution in [0.4, 0.5) is 11.9 Å². The van der Waals surface area contributed by atoms with Crippen molar-refractivity contribution >= 4 is 71.3 Å². The summed E-state index contributed by atoms with van der Waals surface area (Å²) in [6.45, 7) is 9.04. The molecule has 1 rings (SSSR count). The third kappa shape index (κ3) is 18.3. The lowest BCUT2D eigenvalue weighted by Crippen LogP contribution is -2.16. The molecule has 0 aliphatic rings. The van der Waals surface area contributed by atoms with E-state index in [0.717, 1.165) is 23.0 Å². The molecule has 37 heavy (non-hydrogen) atoms. The van der Waals surface area contributed by atoms with Crippen LogP contribution in [0.25, 0.3) is 0 Å². The van der Waals surface area contributed by atoms with Crippen molar-refractivity contribution < 1.29 is 0 Å². The number of anilines is 2. The van der Waals surface area contributed by atoms with Gasteiger partial charge in [0.25, 0.3) is 11.9 Å². The van der Waals surface area contributed by atoms with Gasteiger partial charge in [0.2, 0.25) is 5.28 Å². The van der Waals surface area contributed by atoms with Crippen LogP contribution in [0.1, 0.15) is 130 Å². The predicted molar refractivity (Wildman–Crippen MR) is 176 cm³/mol. The standard InChI is InChI=1S/C27H52ClN5S4/c1-5-9-13-17-21-34-32(35-22-18-14-10-6-2)26-29-25(28)30-27(31-26)33(36-23-19-15-11-7-3)37-24-20-16-12-8-4/h5-24H2,1-4H3. The summed E-state index contributed by atoms with van der Waals surface area (Å²) in [5, 5.41) is 0.284. The number of hydrogen-bond donors (Lipinski definition) is 0. The van der Waals surface area contributed by atoms with Gasteiger partial charge in [-0.3, -0.25) is 0 Å². The first kappa shape index (κ1) is 35.3. The van der Waals surface area contributed by atoms with Gasteiger partial charge in [0.1, 0.15) is 0 Å². The van der Waals surface area contributed by atoms with E-state index in [4.69, 9.17) is 16.6 Å². The van der Waals surface area contributed by atoms with E-state index in [0.29, 0.717) is 11.9 Å². The minimum atomic E-state index is 0.284. The summed E-state index contributed by atoms with van der Waals surface area (Å²) in [5.41, 5.74) is 0. The van der Waals surface area contributed by atoms with Gasteiger partial charge in [-0.25, -0.2) is 7.42 Å². The number of unbranched alkanes of at least 4 members (excludes halogenated alkanes) is 12. The number of hydrogen-bond acceptors (Lipinski definition) is 9. The SMILES string of the molecule is CCCCCCSN(SCCCCCC)c1nc(Cl)nc(N(SCCCCCC)SCCCCCC)n1. The van der Waals surface area contributed by atoms with Gasteiger partial charge in [0, 0.05) is 23.0 Å². The second-order valence-electron chi connectivity index (χ2n) is 9.29. The van der Waals surface area contributed by atoms with Crippen molar-refractivity contribution in [2.45, 2.75) is 130 Å². The average molecular weight is 610 g/mol. The van der Waals surface area contributed by atoms with Crippen molar-refractivity contribution in [2.75, 3.05) is 30.4 Å². The number of rotatable bonds is 26. The Morgan fingerprint density at radius 1 is 0.459 bits per heavy atom. The molecule has 5 nitrogen and oxygen atoms in total. The Kier molecular flexibility index (Phi) is 24.1. The van der Waals surface area contributed by atoms with Crippen LogP contribution < -0.4 is 7.42 Å². The summed E-state index contributed by atoms with van der Waals surface area (Å²) in [7, 11) is 0. The van der Waals surface area contributed by atoms with Crippen LogP contribution in [-0.4, -0.2) is 38.0 Å². The van der Waals surface area contributed by atoms with Crippen LogP contribution in [-0.2, 0) is 0 Å². The van der Waals surface area contributed by atoms with Crippen molar-refractivity contribution in [1.82, 2.24) is 15.0 Å². The fourth-order valence-corrected chi connectivity index (χ4v) is 7.93. The lowest BCUT2D eigenvalue weighted by atomic mass is 10.2. The van der Waals surface area contributed by atoms with Gasteiger partial charge < -0.3 is 0 Å². The Hall–Kier alpha value is 0.300. The van der Waals surface area contributed by atoms with Crippen molar-refractivity contribution in [1.29, 1.82) is 0 Å². The van der Waals surface area contributed by atoms with Crippen molar-refractivity contribution in [3.63, 3.8) is 0 Å². The smallest absolute Gasteiger partial charge is 0.225 e. The molecular weight excluding hydrogens is 558 g/mol. The molecule has 0 spiro atoms. The van der Waals surface area contributed by atoms with Gasteiger partial charge in [0.15, 0.2) is 0 Å². The highest BCUT2D eigenvalue weighted by Gasteiger charge is 2.19. The van der Waals surface area contributed by atoms with E-state index in [1.807, 2.05) is 47.8 Å². The topological polar surface area (TPSA) is 45.2 Å². The Balaban J connectivity index is 2.93. The van der Waals surface area contributed by atoms with Gasteiger partial charge in [-0.1, -0.05) is 105 Å². The van der Waals surface area contributed by atoms with Crippen molar-refractivity contribution in [3.05, 3.63) is 5.28 Å². The first-order valence-electron chi connectivity index (χ1n) is 14.7. The third-order valence-electron chi connectivity index (χ3n) is 5.74. The lowest BCUT2D eigenvalue weighted by Gasteiger charge is -2.23. The predicted octanol–water partition coefficient (Wildman–Crippen LogP) is 11.1. The van der Waals surface area contributed by atoms with Gasteiger partial charge in [-0.05, 0) is 85.1 Å². The first-order chi connectivity index (χ1) is 18.2. The molecule has 10 heteroatoms. The van der Waals surface area contributed by atoms with Crippen LogP contribution in [0, 0.1) is 0 Å². The van der Waals surface area contributed by atoms with Crippen LogP contribution in [0.15, 0.2) is 0 Å². The minimum absolute atomic E-state index is 0.284. The van der Waals surface area contributed by atoms with E-state index in [-0.39, 0.29) is 5.28 Å². The van der Waals surface area contributed by atoms with E-state index in [1.54, 1.807) is 0 Å². The van der Waals surface area contributed by atoms with Crippen LogP contribution in [0.3, 0.4) is 0 Å². The summed E-state index contributed by atoms with van der Waals surface area (Å²) < 4.78 is 4.40. The molecule has 1 aromatic rings. The second kappa shape index (κ2) is 25.3. The normalized spacial score (nSPS) is 11.3. The molecule has 0 aliphatic carbocycles. The largest absolute Gasteiger partial charge is 0.252 e. The maximum Gasteiger partial charge on any atom is 0.252 e. The van der Waals surface area contributed by atoms with Gasteiger partial charge in [0.05, 0.1) is 0 Å².